The SMILES string of the molecule is COCCNC(=O)c1ccc(Sc2ccc(NS(=O)(=O)c3ccc(C)cc3C)cc2)nc1. The van der Waals surface area contributed by atoms with E-state index in [-0.39, 0.29) is 10.8 Å². The number of sulfonamides is 1. The third kappa shape index (κ3) is 6.32. The zero-order chi connectivity index (χ0) is 23.1. The summed E-state index contributed by atoms with van der Waals surface area (Å²) in [4.78, 5) is 17.5. The van der Waals surface area contributed by atoms with Crippen molar-refractivity contribution in [1.82, 2.24) is 10.3 Å². The zero-order valence-corrected chi connectivity index (χ0v) is 19.7. The molecular formula is C23H25N3O4S2. The van der Waals surface area contributed by atoms with Crippen molar-refractivity contribution >= 4 is 33.4 Å². The highest BCUT2D eigenvalue weighted by atomic mass is 32.2. The number of nitrogens with one attached hydrogen (secondary N) is 2. The summed E-state index contributed by atoms with van der Waals surface area (Å²) in [6.07, 6.45) is 1.52. The molecule has 0 atom stereocenters. The number of amides is 1. The second-order valence-corrected chi connectivity index (χ2v) is 9.88. The number of methoxy groups -OCH3 is 1. The van der Waals surface area contributed by atoms with E-state index in [1.807, 2.05) is 25.1 Å². The molecule has 0 spiro atoms. The first-order valence-corrected chi connectivity index (χ1v) is 12.2. The van der Waals surface area contributed by atoms with Gasteiger partial charge >= 0.3 is 0 Å². The van der Waals surface area contributed by atoms with Gasteiger partial charge in [0, 0.05) is 30.4 Å². The summed E-state index contributed by atoms with van der Waals surface area (Å²) in [5.41, 5.74) is 2.66. The summed E-state index contributed by atoms with van der Waals surface area (Å²) in [6, 6.07) is 15.8. The molecule has 32 heavy (non-hydrogen) atoms. The molecule has 3 rings (SSSR count). The molecule has 1 amide bonds. The summed E-state index contributed by atoms with van der Waals surface area (Å²) < 4.78 is 33.0. The number of carbonyl (C=O) groups excluding carboxylic acids is 1. The number of carbonyl (C=O) groups is 1. The predicted molar refractivity (Wildman–Crippen MR) is 126 cm³/mol. The number of pyridine rings is 1. The van der Waals surface area contributed by atoms with Crippen LogP contribution in [-0.2, 0) is 14.8 Å². The van der Waals surface area contributed by atoms with Gasteiger partial charge in [-0.05, 0) is 61.9 Å². The number of ether oxygens (including phenoxy) is 1. The van der Waals surface area contributed by atoms with Crippen molar-refractivity contribution < 1.29 is 17.9 Å². The minimum atomic E-state index is -3.67. The molecule has 1 aromatic heterocycles. The third-order valence-corrected chi connectivity index (χ3v) is 7.04. The number of aryl methyl sites for hydroxylation is 2. The van der Waals surface area contributed by atoms with Gasteiger partial charge in [-0.3, -0.25) is 9.52 Å². The van der Waals surface area contributed by atoms with Crippen molar-refractivity contribution in [2.24, 2.45) is 0 Å². The summed E-state index contributed by atoms with van der Waals surface area (Å²) in [5, 5.41) is 3.47. The average molecular weight is 472 g/mol. The monoisotopic (exact) mass is 471 g/mol. The molecule has 2 N–H and O–H groups in total. The molecule has 1 heterocycles. The molecule has 7 nitrogen and oxygen atoms in total. The van der Waals surface area contributed by atoms with Crippen LogP contribution >= 0.6 is 11.8 Å². The Morgan fingerprint density at radius 3 is 2.44 bits per heavy atom. The highest BCUT2D eigenvalue weighted by Crippen LogP contribution is 2.28. The van der Waals surface area contributed by atoms with Crippen LogP contribution in [0.2, 0.25) is 0 Å². The van der Waals surface area contributed by atoms with Gasteiger partial charge in [-0.2, -0.15) is 0 Å². The Bertz CT molecular complexity index is 1180. The second kappa shape index (κ2) is 10.6. The van der Waals surface area contributed by atoms with E-state index < -0.39 is 10.0 Å². The van der Waals surface area contributed by atoms with Crippen molar-refractivity contribution in [2.75, 3.05) is 25.0 Å². The lowest BCUT2D eigenvalue weighted by molar-refractivity contribution is 0.0936. The van der Waals surface area contributed by atoms with E-state index in [1.54, 1.807) is 50.4 Å². The van der Waals surface area contributed by atoms with Crippen LogP contribution in [0.3, 0.4) is 0 Å². The van der Waals surface area contributed by atoms with Crippen LogP contribution in [0.4, 0.5) is 5.69 Å². The van der Waals surface area contributed by atoms with Gasteiger partial charge in [-0.1, -0.05) is 29.5 Å². The summed E-state index contributed by atoms with van der Waals surface area (Å²) in [7, 11) is -2.09. The van der Waals surface area contributed by atoms with Gasteiger partial charge in [-0.15, -0.1) is 0 Å². The highest BCUT2D eigenvalue weighted by Gasteiger charge is 2.17. The van der Waals surface area contributed by atoms with Crippen LogP contribution in [0.15, 0.2) is 75.6 Å². The van der Waals surface area contributed by atoms with Gasteiger partial charge in [0.05, 0.1) is 17.1 Å². The maximum atomic E-state index is 12.7. The van der Waals surface area contributed by atoms with Crippen LogP contribution in [0.25, 0.3) is 0 Å². The van der Waals surface area contributed by atoms with Crippen molar-refractivity contribution in [1.29, 1.82) is 0 Å². The number of aromatic nitrogens is 1. The zero-order valence-electron chi connectivity index (χ0n) is 18.1. The number of hydrogen-bond donors (Lipinski definition) is 2. The molecule has 0 saturated carbocycles. The molecule has 0 saturated heterocycles. The van der Waals surface area contributed by atoms with Gasteiger partial charge in [-0.25, -0.2) is 13.4 Å². The Labute approximate surface area is 192 Å². The molecule has 0 aliphatic heterocycles. The van der Waals surface area contributed by atoms with E-state index in [4.69, 9.17) is 4.74 Å². The van der Waals surface area contributed by atoms with Gasteiger partial charge in [0.15, 0.2) is 0 Å². The fourth-order valence-electron chi connectivity index (χ4n) is 2.97. The van der Waals surface area contributed by atoms with Crippen LogP contribution in [-0.4, -0.2) is 39.6 Å². The predicted octanol–water partition coefficient (Wildman–Crippen LogP) is 4.03. The van der Waals surface area contributed by atoms with Crippen molar-refractivity contribution in [2.45, 2.75) is 28.7 Å². The average Bonchev–Trinajstić information content (AvgIpc) is 2.75. The molecule has 0 bridgehead atoms. The maximum absolute atomic E-state index is 12.7. The molecule has 0 aliphatic carbocycles. The number of rotatable bonds is 9. The largest absolute Gasteiger partial charge is 0.383 e. The smallest absolute Gasteiger partial charge is 0.262 e. The number of hydrogen-bond acceptors (Lipinski definition) is 6. The van der Waals surface area contributed by atoms with Crippen LogP contribution < -0.4 is 10.0 Å². The number of nitrogens with zero attached hydrogens (tertiary/aromatic N) is 1. The molecule has 9 heteroatoms. The maximum Gasteiger partial charge on any atom is 0.262 e. The molecule has 168 valence electrons. The fourth-order valence-corrected chi connectivity index (χ4v) is 5.01. The van der Waals surface area contributed by atoms with E-state index in [2.05, 4.69) is 15.0 Å². The molecule has 0 fully saturated rings. The Hall–Kier alpha value is -2.88. The van der Waals surface area contributed by atoms with Gasteiger partial charge < -0.3 is 10.1 Å². The van der Waals surface area contributed by atoms with Crippen LogP contribution in [0, 0.1) is 13.8 Å². The quantitative estimate of drug-likeness (QED) is 0.458. The van der Waals surface area contributed by atoms with E-state index in [0.29, 0.717) is 30.0 Å². The Morgan fingerprint density at radius 2 is 1.81 bits per heavy atom. The first-order valence-electron chi connectivity index (χ1n) is 9.89. The minimum Gasteiger partial charge on any atom is -0.383 e. The van der Waals surface area contributed by atoms with Crippen molar-refractivity contribution in [3.63, 3.8) is 0 Å². The lowest BCUT2D eigenvalue weighted by Gasteiger charge is -2.11. The van der Waals surface area contributed by atoms with Gasteiger partial charge in [0.1, 0.15) is 5.03 Å². The lowest BCUT2D eigenvalue weighted by atomic mass is 10.2. The standard InChI is InChI=1S/C23H25N3O4S2/c1-16-4-10-21(17(2)14-16)32(28,29)26-19-6-8-20(9-7-19)31-22-11-5-18(15-25-22)23(27)24-12-13-30-3/h4-11,14-15,26H,12-13H2,1-3H3,(H,24,27). The molecule has 0 radical (unpaired) electrons. The number of benzene rings is 2. The first-order chi connectivity index (χ1) is 15.3. The molecule has 0 unspecified atom stereocenters. The normalized spacial score (nSPS) is 11.2. The fraction of sp³-hybridized carbons (Fsp3) is 0.217. The van der Waals surface area contributed by atoms with Crippen molar-refractivity contribution in [3.8, 4) is 0 Å². The summed E-state index contributed by atoms with van der Waals surface area (Å²) in [6.45, 7) is 4.59. The first kappa shape index (κ1) is 23.8. The highest BCUT2D eigenvalue weighted by molar-refractivity contribution is 7.99. The van der Waals surface area contributed by atoms with E-state index in [1.165, 1.54) is 18.0 Å². The molecule has 2 aromatic carbocycles. The second-order valence-electron chi connectivity index (χ2n) is 7.13. The Balaban J connectivity index is 1.63. The minimum absolute atomic E-state index is 0.202. The Morgan fingerprint density at radius 1 is 1.06 bits per heavy atom. The lowest BCUT2D eigenvalue weighted by Crippen LogP contribution is -2.26. The van der Waals surface area contributed by atoms with Crippen LogP contribution in [0.5, 0.6) is 0 Å². The molecule has 0 aliphatic rings. The summed E-state index contributed by atoms with van der Waals surface area (Å²) in [5.74, 6) is -0.202. The van der Waals surface area contributed by atoms with E-state index in [9.17, 15) is 13.2 Å². The van der Waals surface area contributed by atoms with Gasteiger partial charge in [0.2, 0.25) is 0 Å². The molecule has 3 aromatic rings. The third-order valence-electron chi connectivity index (χ3n) is 4.54. The van der Waals surface area contributed by atoms with E-state index in [0.717, 1.165) is 15.5 Å². The van der Waals surface area contributed by atoms with Crippen molar-refractivity contribution in [3.05, 3.63) is 77.5 Å². The van der Waals surface area contributed by atoms with Crippen LogP contribution in [0.1, 0.15) is 21.5 Å². The van der Waals surface area contributed by atoms with E-state index >= 15 is 0 Å². The van der Waals surface area contributed by atoms with Gasteiger partial charge in [0.25, 0.3) is 15.9 Å². The molecular weight excluding hydrogens is 446 g/mol. The topological polar surface area (TPSA) is 97.4 Å². The summed E-state index contributed by atoms with van der Waals surface area (Å²) >= 11 is 1.42. The number of anilines is 1. The Kier molecular flexibility index (Phi) is 7.89.